The highest BCUT2D eigenvalue weighted by Gasteiger charge is 2.16. The Bertz CT molecular complexity index is 449. The molecule has 34 heavy (non-hydrogen) atoms. The average Bonchev–Trinajstić information content (AvgIpc) is 2.80. The van der Waals surface area contributed by atoms with E-state index in [9.17, 15) is 14.7 Å². The normalized spacial score (nSPS) is 12.1. The first-order valence-corrected chi connectivity index (χ1v) is 15.0. The van der Waals surface area contributed by atoms with Gasteiger partial charge in [-0.05, 0) is 19.3 Å². The second kappa shape index (κ2) is 26.5. The first-order chi connectivity index (χ1) is 16.6. The van der Waals surface area contributed by atoms with Crippen LogP contribution >= 0.6 is 0 Å². The zero-order chi connectivity index (χ0) is 25.1. The summed E-state index contributed by atoms with van der Waals surface area (Å²) in [6, 6.07) is 0. The van der Waals surface area contributed by atoms with Crippen molar-refractivity contribution in [2.45, 2.75) is 174 Å². The Labute approximate surface area is 211 Å². The number of unbranched alkanes of at least 4 members (excludes halogenated alkanes) is 21. The van der Waals surface area contributed by atoms with Gasteiger partial charge < -0.3 is 10.2 Å². The van der Waals surface area contributed by atoms with E-state index < -0.39 is 11.9 Å². The van der Waals surface area contributed by atoms with E-state index in [2.05, 4.69) is 6.92 Å². The number of hydrogen-bond acceptors (Lipinski definition) is 2. The third-order valence-electron chi connectivity index (χ3n) is 7.20. The lowest BCUT2D eigenvalue weighted by Gasteiger charge is -2.12. The highest BCUT2D eigenvalue weighted by molar-refractivity contribution is 5.69. The Morgan fingerprint density at radius 1 is 0.471 bits per heavy atom. The zero-order valence-electron chi connectivity index (χ0n) is 22.7. The molecular weight excluding hydrogens is 424 g/mol. The van der Waals surface area contributed by atoms with Crippen LogP contribution < -0.4 is 0 Å². The van der Waals surface area contributed by atoms with Gasteiger partial charge >= 0.3 is 11.9 Å². The molecule has 0 aromatic carbocycles. The van der Waals surface area contributed by atoms with Gasteiger partial charge in [0.05, 0.1) is 5.92 Å². The van der Waals surface area contributed by atoms with E-state index in [1.54, 1.807) is 0 Å². The largest absolute Gasteiger partial charge is 0.481 e. The summed E-state index contributed by atoms with van der Waals surface area (Å²) in [5.74, 6) is -1.44. The highest BCUT2D eigenvalue weighted by atomic mass is 16.4. The molecule has 0 aliphatic carbocycles. The maximum atomic E-state index is 11.6. The molecule has 0 bridgehead atoms. The molecule has 0 fully saturated rings. The van der Waals surface area contributed by atoms with Crippen LogP contribution in [0.1, 0.15) is 174 Å². The topological polar surface area (TPSA) is 74.6 Å². The van der Waals surface area contributed by atoms with Crippen molar-refractivity contribution < 1.29 is 19.8 Å². The molecule has 0 aliphatic rings. The van der Waals surface area contributed by atoms with Crippen molar-refractivity contribution in [2.24, 2.45) is 5.92 Å². The lowest BCUT2D eigenvalue weighted by molar-refractivity contribution is -0.142. The monoisotopic (exact) mass is 482 g/mol. The van der Waals surface area contributed by atoms with E-state index >= 15 is 0 Å². The third-order valence-corrected chi connectivity index (χ3v) is 7.20. The molecule has 1 atom stereocenters. The fraction of sp³-hybridized carbons (Fsp3) is 0.933. The summed E-state index contributed by atoms with van der Waals surface area (Å²) in [5.41, 5.74) is 0. The number of carboxylic acid groups (broad SMARTS) is 2. The van der Waals surface area contributed by atoms with Crippen LogP contribution in [0.4, 0.5) is 0 Å². The maximum Gasteiger partial charge on any atom is 0.306 e. The number of carbonyl (C=O) groups is 2. The van der Waals surface area contributed by atoms with E-state index in [0.717, 1.165) is 51.4 Å². The first kappa shape index (κ1) is 32.9. The van der Waals surface area contributed by atoms with Crippen LogP contribution in [0.15, 0.2) is 0 Å². The second-order valence-electron chi connectivity index (χ2n) is 10.5. The molecule has 0 radical (unpaired) electrons. The molecule has 0 amide bonds. The molecule has 0 saturated carbocycles. The fourth-order valence-corrected chi connectivity index (χ4v) is 4.88. The molecular formula is C30H58O4. The lowest BCUT2D eigenvalue weighted by Crippen LogP contribution is -2.13. The van der Waals surface area contributed by atoms with Crippen molar-refractivity contribution in [3.63, 3.8) is 0 Å². The molecule has 0 aromatic heterocycles. The van der Waals surface area contributed by atoms with Crippen molar-refractivity contribution in [3.8, 4) is 0 Å². The van der Waals surface area contributed by atoms with Crippen LogP contribution in [-0.4, -0.2) is 22.2 Å². The molecule has 4 nitrogen and oxygen atoms in total. The van der Waals surface area contributed by atoms with Gasteiger partial charge in [-0.2, -0.15) is 0 Å². The van der Waals surface area contributed by atoms with Crippen LogP contribution in [0.25, 0.3) is 0 Å². The smallest absolute Gasteiger partial charge is 0.306 e. The summed E-state index contributed by atoms with van der Waals surface area (Å²) in [6.45, 7) is 2.27. The molecule has 0 aliphatic heterocycles. The number of rotatable bonds is 28. The average molecular weight is 483 g/mol. The molecule has 1 unspecified atom stereocenters. The zero-order valence-corrected chi connectivity index (χ0v) is 22.7. The summed E-state index contributed by atoms with van der Waals surface area (Å²) >= 11 is 0. The van der Waals surface area contributed by atoms with Gasteiger partial charge in [0, 0.05) is 6.42 Å². The van der Waals surface area contributed by atoms with Crippen molar-refractivity contribution in [1.29, 1.82) is 0 Å². The molecule has 0 rings (SSSR count). The lowest BCUT2D eigenvalue weighted by atomic mass is 9.94. The quantitative estimate of drug-likeness (QED) is 0.109. The SMILES string of the molecule is CCCCCCCCCCCCCCCCC(CCCCCCCCCCCC(=O)O)C(=O)O. The van der Waals surface area contributed by atoms with E-state index in [1.165, 1.54) is 109 Å². The standard InChI is InChI=1S/C30H58O4/c1-2-3-4-5-6-7-8-9-10-11-13-16-19-22-25-28(30(33)34)26-23-20-17-14-12-15-18-21-24-27-29(31)32/h28H,2-27H2,1H3,(H,31,32)(H,33,34). The van der Waals surface area contributed by atoms with E-state index in [-0.39, 0.29) is 5.92 Å². The Hall–Kier alpha value is -1.06. The molecule has 4 heteroatoms. The molecule has 0 heterocycles. The highest BCUT2D eigenvalue weighted by Crippen LogP contribution is 2.20. The summed E-state index contributed by atoms with van der Waals surface area (Å²) in [5, 5.41) is 18.1. The Morgan fingerprint density at radius 3 is 1.06 bits per heavy atom. The molecule has 0 spiro atoms. The van der Waals surface area contributed by atoms with Gasteiger partial charge in [-0.3, -0.25) is 9.59 Å². The van der Waals surface area contributed by atoms with Crippen LogP contribution in [0.3, 0.4) is 0 Å². The molecule has 2 N–H and O–H groups in total. The Balaban J connectivity index is 3.42. The second-order valence-corrected chi connectivity index (χ2v) is 10.5. The van der Waals surface area contributed by atoms with Crippen molar-refractivity contribution >= 4 is 11.9 Å². The summed E-state index contributed by atoms with van der Waals surface area (Å²) < 4.78 is 0. The van der Waals surface area contributed by atoms with Crippen LogP contribution in [-0.2, 0) is 9.59 Å². The van der Waals surface area contributed by atoms with E-state index in [1.807, 2.05) is 0 Å². The van der Waals surface area contributed by atoms with Gasteiger partial charge in [-0.1, -0.05) is 148 Å². The minimum atomic E-state index is -0.691. The van der Waals surface area contributed by atoms with Crippen molar-refractivity contribution in [2.75, 3.05) is 0 Å². The van der Waals surface area contributed by atoms with Crippen molar-refractivity contribution in [3.05, 3.63) is 0 Å². The number of carboxylic acids is 2. The van der Waals surface area contributed by atoms with Crippen LogP contribution in [0.2, 0.25) is 0 Å². The summed E-state index contributed by atoms with van der Waals surface area (Å²) in [6.07, 6.45) is 30.7. The Kier molecular flexibility index (Phi) is 25.7. The first-order valence-electron chi connectivity index (χ1n) is 15.0. The minimum absolute atomic E-state index is 0.147. The predicted octanol–water partition coefficient (Wildman–Crippen LogP) is 9.93. The molecule has 202 valence electrons. The van der Waals surface area contributed by atoms with E-state index in [0.29, 0.717) is 6.42 Å². The van der Waals surface area contributed by atoms with Crippen LogP contribution in [0, 0.1) is 5.92 Å². The van der Waals surface area contributed by atoms with Gasteiger partial charge in [-0.15, -0.1) is 0 Å². The Morgan fingerprint density at radius 2 is 0.765 bits per heavy atom. The fourth-order valence-electron chi connectivity index (χ4n) is 4.88. The van der Waals surface area contributed by atoms with Gasteiger partial charge in [0.1, 0.15) is 0 Å². The van der Waals surface area contributed by atoms with Crippen molar-refractivity contribution in [1.82, 2.24) is 0 Å². The summed E-state index contributed by atoms with van der Waals surface area (Å²) in [4.78, 5) is 22.0. The van der Waals surface area contributed by atoms with Gasteiger partial charge in [0.15, 0.2) is 0 Å². The number of hydrogen-bond donors (Lipinski definition) is 2. The predicted molar refractivity (Wildman–Crippen MR) is 144 cm³/mol. The summed E-state index contributed by atoms with van der Waals surface area (Å²) in [7, 11) is 0. The van der Waals surface area contributed by atoms with Gasteiger partial charge in [-0.25, -0.2) is 0 Å². The molecule has 0 aromatic rings. The number of aliphatic carboxylic acids is 2. The minimum Gasteiger partial charge on any atom is -0.481 e. The maximum absolute atomic E-state index is 11.6. The van der Waals surface area contributed by atoms with E-state index in [4.69, 9.17) is 5.11 Å². The molecule has 0 saturated heterocycles. The van der Waals surface area contributed by atoms with Gasteiger partial charge in [0.2, 0.25) is 0 Å². The van der Waals surface area contributed by atoms with Gasteiger partial charge in [0.25, 0.3) is 0 Å². The van der Waals surface area contributed by atoms with Crippen LogP contribution in [0.5, 0.6) is 0 Å². The third kappa shape index (κ3) is 25.6.